The first kappa shape index (κ1) is 20.4. The third-order valence-corrected chi connectivity index (χ3v) is 5.88. The molecule has 0 saturated heterocycles. The Bertz CT molecular complexity index is 1230. The van der Waals surface area contributed by atoms with Gasteiger partial charge in [-0.05, 0) is 49.2 Å². The number of hydrogen-bond acceptors (Lipinski definition) is 5. The van der Waals surface area contributed by atoms with Gasteiger partial charge in [0, 0.05) is 16.0 Å². The molecule has 0 bridgehead atoms. The number of rotatable bonds is 7. The third-order valence-electron chi connectivity index (χ3n) is 4.67. The lowest BCUT2D eigenvalue weighted by Gasteiger charge is -2.12. The molecule has 2 aromatic carbocycles. The van der Waals surface area contributed by atoms with Crippen LogP contribution in [0.25, 0.3) is 21.3 Å². The fourth-order valence-electron chi connectivity index (χ4n) is 3.26. The number of fused-ring (bicyclic) bond motifs is 1. The van der Waals surface area contributed by atoms with E-state index < -0.39 is 0 Å². The average molecular weight is 441 g/mol. The van der Waals surface area contributed by atoms with E-state index >= 15 is 0 Å². The Hall–Kier alpha value is -2.83. The largest absolute Gasteiger partial charge is 0.490 e. The lowest BCUT2D eigenvalue weighted by atomic mass is 10.1. The van der Waals surface area contributed by atoms with Gasteiger partial charge in [-0.25, -0.2) is 4.98 Å². The van der Waals surface area contributed by atoms with E-state index in [1.54, 1.807) is 10.9 Å². The van der Waals surface area contributed by atoms with Crippen LogP contribution < -0.4 is 15.0 Å². The maximum absolute atomic E-state index is 13.0. The van der Waals surface area contributed by atoms with Gasteiger partial charge in [-0.1, -0.05) is 29.8 Å². The highest BCUT2D eigenvalue weighted by Crippen LogP contribution is 2.36. The van der Waals surface area contributed by atoms with Crippen LogP contribution in [0.1, 0.15) is 19.4 Å². The van der Waals surface area contributed by atoms with E-state index in [1.165, 1.54) is 11.3 Å². The van der Waals surface area contributed by atoms with Crippen molar-refractivity contribution in [1.82, 2.24) is 9.55 Å². The van der Waals surface area contributed by atoms with Gasteiger partial charge in [-0.15, -0.1) is 11.3 Å². The smallest absolute Gasteiger partial charge is 0.271 e. The van der Waals surface area contributed by atoms with Crippen LogP contribution in [-0.4, -0.2) is 22.8 Å². The molecule has 0 aliphatic heterocycles. The summed E-state index contributed by atoms with van der Waals surface area (Å²) in [5, 5.41) is 2.64. The molecule has 4 aromatic rings. The van der Waals surface area contributed by atoms with Gasteiger partial charge in [0.05, 0.1) is 31.6 Å². The number of nitrogens with zero attached hydrogens (tertiary/aromatic N) is 2. The molecule has 30 heavy (non-hydrogen) atoms. The standard InChI is InChI=1S/C23H21ClN2O3S/c1-3-28-19-10-7-16(11-20(19)29-4-2)18-13-30-22-21(18)25-14-26(23(22)27)12-15-5-8-17(24)9-6-15/h5-11,13-14H,3-4,12H2,1-2H3. The third kappa shape index (κ3) is 4.06. The molecule has 0 aliphatic rings. The molecule has 0 N–H and O–H groups in total. The Labute approximate surface area is 183 Å². The van der Waals surface area contributed by atoms with Crippen LogP contribution in [0.4, 0.5) is 0 Å². The Morgan fingerprint density at radius 3 is 2.50 bits per heavy atom. The van der Waals surface area contributed by atoms with Crippen molar-refractivity contribution >= 4 is 33.2 Å². The van der Waals surface area contributed by atoms with Gasteiger partial charge >= 0.3 is 0 Å². The van der Waals surface area contributed by atoms with Crippen molar-refractivity contribution < 1.29 is 9.47 Å². The second kappa shape index (κ2) is 8.90. The molecule has 2 aromatic heterocycles. The van der Waals surface area contributed by atoms with Gasteiger partial charge in [0.1, 0.15) is 4.70 Å². The van der Waals surface area contributed by atoms with E-state index in [1.807, 2.05) is 61.7 Å². The molecule has 4 rings (SSSR count). The Morgan fingerprint density at radius 1 is 1.03 bits per heavy atom. The summed E-state index contributed by atoms with van der Waals surface area (Å²) in [4.78, 5) is 17.6. The van der Waals surface area contributed by atoms with Gasteiger partial charge in [0.25, 0.3) is 5.56 Å². The zero-order chi connectivity index (χ0) is 21.1. The molecule has 0 amide bonds. The van der Waals surface area contributed by atoms with Crippen molar-refractivity contribution in [1.29, 1.82) is 0 Å². The summed E-state index contributed by atoms with van der Waals surface area (Å²) < 4.78 is 13.6. The molecular weight excluding hydrogens is 420 g/mol. The first-order chi connectivity index (χ1) is 14.6. The average Bonchev–Trinajstić information content (AvgIpc) is 3.18. The van der Waals surface area contributed by atoms with Crippen LogP contribution >= 0.6 is 22.9 Å². The minimum Gasteiger partial charge on any atom is -0.490 e. The minimum atomic E-state index is -0.0535. The molecule has 5 nitrogen and oxygen atoms in total. The zero-order valence-corrected chi connectivity index (χ0v) is 18.3. The molecule has 0 spiro atoms. The van der Waals surface area contributed by atoms with Crippen LogP contribution in [-0.2, 0) is 6.54 Å². The van der Waals surface area contributed by atoms with Gasteiger partial charge in [-0.2, -0.15) is 0 Å². The number of aromatic nitrogens is 2. The van der Waals surface area contributed by atoms with E-state index in [9.17, 15) is 4.79 Å². The first-order valence-corrected chi connectivity index (χ1v) is 11.0. The Balaban J connectivity index is 1.72. The van der Waals surface area contributed by atoms with Crippen molar-refractivity contribution in [3.63, 3.8) is 0 Å². The highest BCUT2D eigenvalue weighted by Gasteiger charge is 2.15. The number of ether oxygens (including phenoxy) is 2. The molecule has 0 unspecified atom stereocenters. The second-order valence-corrected chi connectivity index (χ2v) is 7.97. The van der Waals surface area contributed by atoms with Gasteiger partial charge in [-0.3, -0.25) is 9.36 Å². The van der Waals surface area contributed by atoms with E-state index in [2.05, 4.69) is 4.98 Å². The van der Waals surface area contributed by atoms with Crippen LogP contribution in [0.3, 0.4) is 0 Å². The summed E-state index contributed by atoms with van der Waals surface area (Å²) in [6.45, 7) is 5.43. The van der Waals surface area contributed by atoms with E-state index in [-0.39, 0.29) is 5.56 Å². The van der Waals surface area contributed by atoms with E-state index in [0.717, 1.165) is 16.7 Å². The summed E-state index contributed by atoms with van der Waals surface area (Å²) in [5.41, 5.74) is 3.49. The highest BCUT2D eigenvalue weighted by atomic mass is 35.5. The quantitative estimate of drug-likeness (QED) is 0.374. The van der Waals surface area contributed by atoms with Crippen LogP contribution in [0.5, 0.6) is 11.5 Å². The molecule has 0 aliphatic carbocycles. The van der Waals surface area contributed by atoms with Crippen LogP contribution in [0.15, 0.2) is 59.0 Å². The zero-order valence-electron chi connectivity index (χ0n) is 16.7. The number of halogens is 1. The molecule has 0 radical (unpaired) electrons. The molecular formula is C23H21ClN2O3S. The van der Waals surface area contributed by atoms with Crippen molar-refractivity contribution in [3.05, 3.63) is 75.1 Å². The highest BCUT2D eigenvalue weighted by molar-refractivity contribution is 7.17. The number of thiophene rings is 1. The summed E-state index contributed by atoms with van der Waals surface area (Å²) in [6, 6.07) is 13.3. The first-order valence-electron chi connectivity index (χ1n) is 9.71. The Kier molecular flexibility index (Phi) is 6.06. The fourth-order valence-corrected chi connectivity index (χ4v) is 4.37. The van der Waals surface area contributed by atoms with Gasteiger partial charge < -0.3 is 9.47 Å². The fraction of sp³-hybridized carbons (Fsp3) is 0.217. The maximum atomic E-state index is 13.0. The lowest BCUT2D eigenvalue weighted by molar-refractivity contribution is 0.288. The lowest BCUT2D eigenvalue weighted by Crippen LogP contribution is -2.20. The Morgan fingerprint density at radius 2 is 1.77 bits per heavy atom. The van der Waals surface area contributed by atoms with Crippen LogP contribution in [0.2, 0.25) is 5.02 Å². The van der Waals surface area contributed by atoms with Crippen LogP contribution in [0, 0.1) is 0 Å². The van der Waals surface area contributed by atoms with E-state index in [0.29, 0.717) is 46.5 Å². The predicted octanol–water partition coefficient (Wildman–Crippen LogP) is 5.62. The van der Waals surface area contributed by atoms with Crippen molar-refractivity contribution in [2.75, 3.05) is 13.2 Å². The van der Waals surface area contributed by atoms with E-state index in [4.69, 9.17) is 21.1 Å². The van der Waals surface area contributed by atoms with Gasteiger partial charge in [0.2, 0.25) is 0 Å². The predicted molar refractivity (Wildman–Crippen MR) is 122 cm³/mol. The normalized spacial score (nSPS) is 11.0. The summed E-state index contributed by atoms with van der Waals surface area (Å²) in [6.07, 6.45) is 1.60. The molecule has 7 heteroatoms. The van der Waals surface area contributed by atoms with Crippen molar-refractivity contribution in [3.8, 4) is 22.6 Å². The monoisotopic (exact) mass is 440 g/mol. The molecule has 0 saturated carbocycles. The van der Waals surface area contributed by atoms with Crippen molar-refractivity contribution in [2.45, 2.75) is 20.4 Å². The summed E-state index contributed by atoms with van der Waals surface area (Å²) >= 11 is 7.35. The topological polar surface area (TPSA) is 53.4 Å². The minimum absolute atomic E-state index is 0.0535. The summed E-state index contributed by atoms with van der Waals surface area (Å²) in [5.74, 6) is 1.40. The molecule has 0 fully saturated rings. The van der Waals surface area contributed by atoms with Gasteiger partial charge in [0.15, 0.2) is 11.5 Å². The van der Waals surface area contributed by atoms with Crippen molar-refractivity contribution in [2.24, 2.45) is 0 Å². The molecule has 2 heterocycles. The number of hydrogen-bond donors (Lipinski definition) is 0. The number of benzene rings is 2. The summed E-state index contributed by atoms with van der Waals surface area (Å²) in [7, 11) is 0. The molecule has 154 valence electrons. The molecule has 0 atom stereocenters. The second-order valence-electron chi connectivity index (χ2n) is 6.66. The SMILES string of the molecule is CCOc1ccc(-c2csc3c(=O)n(Cc4ccc(Cl)cc4)cnc23)cc1OCC. The maximum Gasteiger partial charge on any atom is 0.271 e.